The zero-order valence-electron chi connectivity index (χ0n) is 15.4. The molecule has 0 saturated carbocycles. The molecule has 0 aliphatic rings. The third-order valence-electron chi connectivity index (χ3n) is 4.51. The minimum absolute atomic E-state index is 0.784. The smallest absolute Gasteiger partial charge is 0.120 e. The number of unbranched alkanes of at least 4 members (excludes halogenated alkanes) is 3. The number of hydrogen-bond acceptors (Lipinski definition) is 2. The lowest BCUT2D eigenvalue weighted by atomic mass is 10.1. The number of rotatable bonds is 9. The molecular weight excluding hydrogens is 308 g/mol. The molecule has 0 atom stereocenters. The van der Waals surface area contributed by atoms with Gasteiger partial charge in [-0.05, 0) is 55.2 Å². The molecule has 0 aliphatic carbocycles. The molecule has 0 bridgehead atoms. The van der Waals surface area contributed by atoms with Crippen molar-refractivity contribution in [1.82, 2.24) is 9.78 Å². The van der Waals surface area contributed by atoms with Crippen LogP contribution in [0.4, 0.5) is 0 Å². The lowest BCUT2D eigenvalue weighted by Crippen LogP contribution is -1.96. The largest absolute Gasteiger partial charge is 0.494 e. The predicted molar refractivity (Wildman–Crippen MR) is 105 cm³/mol. The molecule has 1 heterocycles. The van der Waals surface area contributed by atoms with Crippen LogP contribution in [0, 0.1) is 0 Å². The molecule has 3 rings (SSSR count). The Labute approximate surface area is 150 Å². The molecule has 1 aromatic heterocycles. The van der Waals surface area contributed by atoms with Crippen molar-refractivity contribution in [1.29, 1.82) is 0 Å². The summed E-state index contributed by atoms with van der Waals surface area (Å²) < 4.78 is 7.80. The molecule has 25 heavy (non-hydrogen) atoms. The Balaban J connectivity index is 1.72. The van der Waals surface area contributed by atoms with E-state index < -0.39 is 0 Å². The van der Waals surface area contributed by atoms with Gasteiger partial charge in [0.1, 0.15) is 5.75 Å². The average Bonchev–Trinajstić information content (AvgIpc) is 3.07. The number of benzene rings is 2. The van der Waals surface area contributed by atoms with Gasteiger partial charge in [-0.1, -0.05) is 45.2 Å². The maximum Gasteiger partial charge on any atom is 0.120 e. The summed E-state index contributed by atoms with van der Waals surface area (Å²) in [7, 11) is 0. The van der Waals surface area contributed by atoms with Gasteiger partial charge in [0.15, 0.2) is 0 Å². The first-order valence-electron chi connectivity index (χ1n) is 9.51. The summed E-state index contributed by atoms with van der Waals surface area (Å²) in [6, 6.07) is 14.9. The van der Waals surface area contributed by atoms with Crippen molar-refractivity contribution in [2.24, 2.45) is 0 Å². The molecule has 0 saturated heterocycles. The second-order valence-electron chi connectivity index (χ2n) is 6.62. The monoisotopic (exact) mass is 336 g/mol. The van der Waals surface area contributed by atoms with Gasteiger partial charge in [-0.3, -0.25) is 0 Å². The van der Waals surface area contributed by atoms with Gasteiger partial charge in [-0.2, -0.15) is 5.10 Å². The van der Waals surface area contributed by atoms with Crippen molar-refractivity contribution in [3.8, 4) is 11.4 Å². The maximum atomic E-state index is 5.85. The van der Waals surface area contributed by atoms with Gasteiger partial charge in [-0.15, -0.1) is 0 Å². The average molecular weight is 336 g/mol. The highest BCUT2D eigenvalue weighted by Crippen LogP contribution is 2.22. The Hall–Kier alpha value is -2.29. The third kappa shape index (κ3) is 4.62. The SMILES string of the molecule is CCCCCOc1ccc2nn(-c3ccc(CCCC)cc3)cc2c1. The molecule has 0 N–H and O–H groups in total. The quantitative estimate of drug-likeness (QED) is 0.452. The first-order chi connectivity index (χ1) is 12.3. The molecular formula is C22H28N2O. The van der Waals surface area contributed by atoms with Crippen LogP contribution in [-0.4, -0.2) is 16.4 Å². The van der Waals surface area contributed by atoms with Crippen molar-refractivity contribution in [2.75, 3.05) is 6.61 Å². The van der Waals surface area contributed by atoms with Gasteiger partial charge < -0.3 is 4.74 Å². The van der Waals surface area contributed by atoms with Crippen LogP contribution in [0.5, 0.6) is 5.75 Å². The fourth-order valence-electron chi connectivity index (χ4n) is 2.96. The first-order valence-corrected chi connectivity index (χ1v) is 9.51. The van der Waals surface area contributed by atoms with Crippen molar-refractivity contribution < 1.29 is 4.74 Å². The van der Waals surface area contributed by atoms with Gasteiger partial charge in [0, 0.05) is 11.6 Å². The molecule has 2 aromatic carbocycles. The highest BCUT2D eigenvalue weighted by Gasteiger charge is 2.05. The molecule has 0 radical (unpaired) electrons. The number of ether oxygens (including phenoxy) is 1. The standard InChI is InChI=1S/C22H28N2O/c1-3-5-7-15-25-21-13-14-22-19(16-21)17-24(23-22)20-11-9-18(10-12-20)8-6-4-2/h9-14,16-17H,3-8,15H2,1-2H3. The second kappa shape index (κ2) is 8.70. The minimum Gasteiger partial charge on any atom is -0.494 e. The van der Waals surface area contributed by atoms with E-state index in [4.69, 9.17) is 4.74 Å². The number of aryl methyl sites for hydroxylation is 1. The lowest BCUT2D eigenvalue weighted by molar-refractivity contribution is 0.306. The fraction of sp³-hybridized carbons (Fsp3) is 0.409. The Bertz CT molecular complexity index is 789. The van der Waals surface area contributed by atoms with Crippen molar-refractivity contribution in [3.05, 3.63) is 54.2 Å². The third-order valence-corrected chi connectivity index (χ3v) is 4.51. The van der Waals surface area contributed by atoms with Crippen LogP contribution < -0.4 is 4.74 Å². The van der Waals surface area contributed by atoms with Crippen LogP contribution in [0.3, 0.4) is 0 Å². The van der Waals surface area contributed by atoms with Crippen LogP contribution in [0.15, 0.2) is 48.7 Å². The normalized spacial score (nSPS) is 11.1. The van der Waals surface area contributed by atoms with Gasteiger partial charge in [-0.25, -0.2) is 4.68 Å². The van der Waals surface area contributed by atoms with Crippen LogP contribution in [0.1, 0.15) is 51.5 Å². The number of fused-ring (bicyclic) bond motifs is 1. The summed E-state index contributed by atoms with van der Waals surface area (Å²) in [6.45, 7) is 5.22. The summed E-state index contributed by atoms with van der Waals surface area (Å²) >= 11 is 0. The van der Waals surface area contributed by atoms with Crippen molar-refractivity contribution in [2.45, 2.75) is 52.4 Å². The summed E-state index contributed by atoms with van der Waals surface area (Å²) in [4.78, 5) is 0. The van der Waals surface area contributed by atoms with Crippen molar-refractivity contribution >= 4 is 10.9 Å². The Morgan fingerprint density at radius 1 is 0.920 bits per heavy atom. The molecule has 0 spiro atoms. The highest BCUT2D eigenvalue weighted by molar-refractivity contribution is 5.80. The topological polar surface area (TPSA) is 27.1 Å². The molecule has 0 fully saturated rings. The van der Waals surface area contributed by atoms with Crippen molar-refractivity contribution in [3.63, 3.8) is 0 Å². The summed E-state index contributed by atoms with van der Waals surface area (Å²) in [5, 5.41) is 5.80. The van der Waals surface area contributed by atoms with E-state index in [-0.39, 0.29) is 0 Å². The highest BCUT2D eigenvalue weighted by atomic mass is 16.5. The molecule has 132 valence electrons. The number of nitrogens with zero attached hydrogens (tertiary/aromatic N) is 2. The van der Waals surface area contributed by atoms with Gasteiger partial charge in [0.05, 0.1) is 17.8 Å². The van der Waals surface area contributed by atoms with E-state index in [1.807, 2.05) is 16.8 Å². The van der Waals surface area contributed by atoms with Gasteiger partial charge in [0.2, 0.25) is 0 Å². The van der Waals surface area contributed by atoms with E-state index >= 15 is 0 Å². The Kier molecular flexibility index (Phi) is 6.10. The molecule has 3 nitrogen and oxygen atoms in total. The summed E-state index contributed by atoms with van der Waals surface area (Å²) in [5.41, 5.74) is 3.49. The zero-order valence-corrected chi connectivity index (χ0v) is 15.4. The van der Waals surface area contributed by atoms with E-state index in [0.29, 0.717) is 0 Å². The molecule has 0 aliphatic heterocycles. The van der Waals surface area contributed by atoms with Crippen LogP contribution >= 0.6 is 0 Å². The lowest BCUT2D eigenvalue weighted by Gasteiger charge is -2.04. The van der Waals surface area contributed by atoms with Gasteiger partial charge in [0.25, 0.3) is 0 Å². The molecule has 3 heteroatoms. The first kappa shape index (κ1) is 17.5. The maximum absolute atomic E-state index is 5.85. The van der Waals surface area contributed by atoms with Gasteiger partial charge >= 0.3 is 0 Å². The van der Waals surface area contributed by atoms with E-state index in [9.17, 15) is 0 Å². The van der Waals surface area contributed by atoms with E-state index in [2.05, 4.69) is 55.5 Å². The fourth-order valence-corrected chi connectivity index (χ4v) is 2.96. The van der Waals surface area contributed by atoms with E-state index in [1.54, 1.807) is 0 Å². The molecule has 0 unspecified atom stereocenters. The molecule has 0 amide bonds. The van der Waals surface area contributed by atoms with Crippen LogP contribution in [0.25, 0.3) is 16.6 Å². The second-order valence-corrected chi connectivity index (χ2v) is 6.62. The number of hydrogen-bond donors (Lipinski definition) is 0. The minimum atomic E-state index is 0.784. The number of aromatic nitrogens is 2. The zero-order chi connectivity index (χ0) is 17.5. The van der Waals surface area contributed by atoms with Crippen LogP contribution in [0.2, 0.25) is 0 Å². The summed E-state index contributed by atoms with van der Waals surface area (Å²) in [6.07, 6.45) is 9.24. The summed E-state index contributed by atoms with van der Waals surface area (Å²) in [5.74, 6) is 0.929. The van der Waals surface area contributed by atoms with E-state index in [1.165, 1.54) is 31.2 Å². The van der Waals surface area contributed by atoms with Crippen LogP contribution in [-0.2, 0) is 6.42 Å². The predicted octanol–water partition coefficient (Wildman–Crippen LogP) is 5.94. The Morgan fingerprint density at radius 2 is 1.72 bits per heavy atom. The van der Waals surface area contributed by atoms with E-state index in [0.717, 1.165) is 41.8 Å². The Morgan fingerprint density at radius 3 is 2.48 bits per heavy atom. The molecule has 3 aromatic rings.